The van der Waals surface area contributed by atoms with Crippen LogP contribution in [0.15, 0.2) is 237 Å². The van der Waals surface area contributed by atoms with Crippen LogP contribution in [-0.4, -0.2) is 5.03 Å². The zero-order chi connectivity index (χ0) is 36.6. The molecule has 8 aromatic carbocycles. The van der Waals surface area contributed by atoms with Gasteiger partial charge in [0.1, 0.15) is 0 Å². The van der Waals surface area contributed by atoms with Gasteiger partial charge in [-0.15, -0.1) is 0 Å². The molecule has 0 spiro atoms. The molecule has 0 aromatic heterocycles. The summed E-state index contributed by atoms with van der Waals surface area (Å²) >= 11 is 0. The molecule has 0 unspecified atom stereocenters. The molecular weight excluding hydrogens is 724 g/mol. The van der Waals surface area contributed by atoms with Gasteiger partial charge < -0.3 is 0 Å². The minimum atomic E-state index is -2.57. The molecule has 0 N–H and O–H groups in total. The van der Waals surface area contributed by atoms with Gasteiger partial charge in [-0.05, 0) is 79.0 Å². The maximum atomic E-state index is 2.44. The number of hydrogen-bond donors (Lipinski definition) is 0. The van der Waals surface area contributed by atoms with Crippen molar-refractivity contribution in [3.63, 3.8) is 0 Å². The lowest BCUT2D eigenvalue weighted by atomic mass is 10.2. The Bertz CT molecular complexity index is 2160. The van der Waals surface area contributed by atoms with Crippen LogP contribution in [0.2, 0.25) is 0 Å². The normalized spacial score (nSPS) is 11.6. The van der Waals surface area contributed by atoms with Gasteiger partial charge in [0, 0.05) is 5.03 Å². The summed E-state index contributed by atoms with van der Waals surface area (Å²) in [4.78, 5) is 0. The Kier molecular flexibility index (Phi) is 11.6. The number of rotatable bonds is 11. The smallest absolute Gasteiger partial charge is 0.00312 e. The summed E-state index contributed by atoms with van der Waals surface area (Å²) in [5.41, 5.74) is 2.61. The molecular formula is C50H42P4. The molecule has 262 valence electrons. The fraction of sp³-hybridized carbons (Fsp3) is 0.0200. The van der Waals surface area contributed by atoms with Gasteiger partial charge in [0.15, 0.2) is 0 Å². The first-order chi connectivity index (χ1) is 26.7. The fourth-order valence-corrected chi connectivity index (χ4v) is 33.5. The summed E-state index contributed by atoms with van der Waals surface area (Å²) in [5, 5.41) is 11.4. The molecule has 0 nitrogen and oxygen atoms in total. The highest BCUT2D eigenvalue weighted by Gasteiger charge is 2.43. The molecule has 54 heavy (non-hydrogen) atoms. The van der Waals surface area contributed by atoms with Crippen LogP contribution < -0.4 is 37.1 Å². The van der Waals surface area contributed by atoms with Gasteiger partial charge in [0.25, 0.3) is 0 Å². The van der Waals surface area contributed by atoms with Crippen molar-refractivity contribution in [2.24, 2.45) is 0 Å². The van der Waals surface area contributed by atoms with E-state index < -0.39 is 29.4 Å². The van der Waals surface area contributed by atoms with Gasteiger partial charge in [0.05, 0.1) is 0 Å². The highest BCUT2D eigenvalue weighted by molar-refractivity contribution is 8.73. The average Bonchev–Trinajstić information content (AvgIpc) is 3.26. The first kappa shape index (κ1) is 36.3. The fourth-order valence-electron chi connectivity index (χ4n) is 7.21. The second-order valence-corrected chi connectivity index (χ2v) is 26.9. The molecule has 0 saturated heterocycles. The van der Waals surface area contributed by atoms with E-state index >= 15 is 0 Å². The summed E-state index contributed by atoms with van der Waals surface area (Å²) in [6, 6.07) is 89.9. The Morgan fingerprint density at radius 2 is 0.574 bits per heavy atom. The summed E-state index contributed by atoms with van der Waals surface area (Å²) in [5.74, 6) is 0. The molecule has 4 heteroatoms. The zero-order valence-corrected chi connectivity index (χ0v) is 33.9. The third-order valence-corrected chi connectivity index (χ3v) is 30.2. The van der Waals surface area contributed by atoms with Crippen molar-refractivity contribution in [2.45, 2.75) is 6.92 Å². The Hall–Kier alpha value is -4.65. The van der Waals surface area contributed by atoms with Crippen molar-refractivity contribution < 1.29 is 0 Å². The predicted molar refractivity (Wildman–Crippen MR) is 245 cm³/mol. The van der Waals surface area contributed by atoms with Crippen LogP contribution in [0, 0.1) is 6.92 Å². The third kappa shape index (κ3) is 7.39. The molecule has 0 aliphatic carbocycles. The van der Waals surface area contributed by atoms with E-state index in [2.05, 4.69) is 244 Å². The van der Waals surface area contributed by atoms with E-state index in [4.69, 9.17) is 0 Å². The SMILES string of the molecule is Cc1ccc(C(P(P(c2ccccc2)c2ccccc2)P(c2ccccc2)c2ccccc2)=P(c2ccccc2)(c2ccccc2)c2ccccc2)cc1. The molecule has 0 saturated carbocycles. The van der Waals surface area contributed by atoms with Crippen LogP contribution in [0.3, 0.4) is 0 Å². The Balaban J connectivity index is 1.68. The largest absolute Gasteiger partial charge is 0.0622 e. The first-order valence-corrected chi connectivity index (χ1v) is 25.6. The van der Waals surface area contributed by atoms with E-state index in [1.165, 1.54) is 48.3 Å². The van der Waals surface area contributed by atoms with E-state index in [0.29, 0.717) is 0 Å². The van der Waals surface area contributed by atoms with Crippen LogP contribution in [0.5, 0.6) is 0 Å². The lowest BCUT2D eigenvalue weighted by Gasteiger charge is -2.43. The average molecular weight is 767 g/mol. The molecule has 0 atom stereocenters. The minimum Gasteiger partial charge on any atom is -0.0622 e. The van der Waals surface area contributed by atoms with Gasteiger partial charge in [-0.1, -0.05) is 242 Å². The molecule has 0 aliphatic rings. The second-order valence-electron chi connectivity index (χ2n) is 13.1. The molecule has 0 bridgehead atoms. The molecule has 0 aliphatic heterocycles. The van der Waals surface area contributed by atoms with Gasteiger partial charge >= 0.3 is 0 Å². The lowest BCUT2D eigenvalue weighted by Crippen LogP contribution is -2.31. The molecule has 0 radical (unpaired) electrons. The number of benzene rings is 8. The standard InChI is InChI=1S/C50H42P4/c1-41-37-39-42(40-38-41)50(54(47-31-17-6-18-32-47,48-33-19-7-20-34-48)49-35-21-8-22-36-49)53(51(43-23-9-2-10-24-43)44-25-11-3-12-26-44)52(45-27-13-4-14-28-45)46-29-15-5-16-30-46/h2-40H,1H3. The Labute approximate surface area is 324 Å². The van der Waals surface area contributed by atoms with Crippen molar-refractivity contribution >= 4 is 71.6 Å². The summed E-state index contributed by atoms with van der Waals surface area (Å²) in [6.07, 6.45) is 0. The van der Waals surface area contributed by atoms with Gasteiger partial charge in [-0.2, -0.15) is 0 Å². The minimum absolute atomic E-state index is 0.923. The molecule has 8 aromatic rings. The quantitative estimate of drug-likeness (QED) is 0.115. The first-order valence-electron chi connectivity index (χ1n) is 18.4. The van der Waals surface area contributed by atoms with Crippen molar-refractivity contribution in [1.82, 2.24) is 0 Å². The van der Waals surface area contributed by atoms with E-state index in [1.54, 1.807) is 5.03 Å². The van der Waals surface area contributed by atoms with E-state index in [0.717, 1.165) is 0 Å². The number of aryl methyl sites for hydroxylation is 1. The zero-order valence-electron chi connectivity index (χ0n) is 30.3. The van der Waals surface area contributed by atoms with Crippen molar-refractivity contribution in [3.8, 4) is 0 Å². The molecule has 8 rings (SSSR count). The maximum Gasteiger partial charge on any atom is 0.00312 e. The van der Waals surface area contributed by atoms with Gasteiger partial charge in [-0.3, -0.25) is 0 Å². The number of hydrogen-bond acceptors (Lipinski definition) is 0. The predicted octanol–water partition coefficient (Wildman–Crippen LogP) is 11.0. The van der Waals surface area contributed by atoms with Crippen LogP contribution in [-0.2, 0) is 0 Å². The van der Waals surface area contributed by atoms with Gasteiger partial charge in [0.2, 0.25) is 0 Å². The van der Waals surface area contributed by atoms with Crippen LogP contribution in [0.25, 0.3) is 0 Å². The summed E-state index contributed by atoms with van der Waals surface area (Å²) in [7, 11) is -2.85. The maximum absolute atomic E-state index is 2.57. The third-order valence-electron chi connectivity index (χ3n) is 9.63. The van der Waals surface area contributed by atoms with Crippen LogP contribution in [0.4, 0.5) is 0 Å². The van der Waals surface area contributed by atoms with Crippen LogP contribution >= 0.6 is 29.4 Å². The van der Waals surface area contributed by atoms with E-state index in [-0.39, 0.29) is 0 Å². The van der Waals surface area contributed by atoms with Gasteiger partial charge in [-0.25, -0.2) is 0 Å². The van der Waals surface area contributed by atoms with E-state index in [9.17, 15) is 0 Å². The summed E-state index contributed by atoms with van der Waals surface area (Å²) < 4.78 is 0. The van der Waals surface area contributed by atoms with E-state index in [1.807, 2.05) is 0 Å². The van der Waals surface area contributed by atoms with Crippen molar-refractivity contribution in [2.75, 3.05) is 0 Å². The highest BCUT2D eigenvalue weighted by Crippen LogP contribution is 2.88. The molecule has 0 amide bonds. The van der Waals surface area contributed by atoms with Crippen molar-refractivity contribution in [1.29, 1.82) is 0 Å². The molecule has 0 fully saturated rings. The Morgan fingerprint density at radius 1 is 0.315 bits per heavy atom. The topological polar surface area (TPSA) is 0 Å². The van der Waals surface area contributed by atoms with Crippen molar-refractivity contribution in [3.05, 3.63) is 248 Å². The highest BCUT2D eigenvalue weighted by atomic mass is 32.5. The Morgan fingerprint density at radius 3 is 0.852 bits per heavy atom. The monoisotopic (exact) mass is 766 g/mol. The van der Waals surface area contributed by atoms with Crippen LogP contribution in [0.1, 0.15) is 11.1 Å². The lowest BCUT2D eigenvalue weighted by molar-refractivity contribution is 1.47. The second kappa shape index (κ2) is 17.2. The summed E-state index contributed by atoms with van der Waals surface area (Å²) in [6.45, 7) is -0.358. The molecule has 0 heterocycles.